The van der Waals surface area contributed by atoms with Crippen molar-refractivity contribution in [3.05, 3.63) is 35.9 Å². The van der Waals surface area contributed by atoms with Crippen molar-refractivity contribution in [2.45, 2.75) is 31.8 Å². The van der Waals surface area contributed by atoms with E-state index in [4.69, 9.17) is 9.47 Å². The number of rotatable bonds is 2. The Kier molecular flexibility index (Phi) is 2.78. The monoisotopic (exact) mass is 208 g/mol. The van der Waals surface area contributed by atoms with Crippen molar-refractivity contribution in [3.63, 3.8) is 0 Å². The van der Waals surface area contributed by atoms with Crippen LogP contribution in [0.1, 0.15) is 25.5 Å². The Bertz CT molecular complexity index is 321. The highest BCUT2D eigenvalue weighted by Crippen LogP contribution is 2.37. The van der Waals surface area contributed by atoms with Crippen LogP contribution in [-0.2, 0) is 9.47 Å². The summed E-state index contributed by atoms with van der Waals surface area (Å²) in [6, 6.07) is 9.84. The van der Waals surface area contributed by atoms with Gasteiger partial charge in [-0.2, -0.15) is 0 Å². The average Bonchev–Trinajstić information content (AvgIpc) is 2.55. The third kappa shape index (κ3) is 2.20. The molecule has 1 aliphatic rings. The van der Waals surface area contributed by atoms with Crippen molar-refractivity contribution < 1.29 is 14.6 Å². The average molecular weight is 208 g/mol. The second kappa shape index (κ2) is 3.93. The van der Waals surface area contributed by atoms with Gasteiger partial charge in [0.1, 0.15) is 12.2 Å². The molecule has 1 aromatic carbocycles. The van der Waals surface area contributed by atoms with E-state index in [1.165, 1.54) is 0 Å². The van der Waals surface area contributed by atoms with Gasteiger partial charge < -0.3 is 14.6 Å². The number of hydrogen-bond donors (Lipinski definition) is 1. The molecule has 1 saturated heterocycles. The van der Waals surface area contributed by atoms with Crippen LogP contribution in [0.3, 0.4) is 0 Å². The molecule has 2 atom stereocenters. The van der Waals surface area contributed by atoms with Crippen molar-refractivity contribution >= 4 is 0 Å². The Labute approximate surface area is 89.6 Å². The lowest BCUT2D eigenvalue weighted by Gasteiger charge is -2.16. The van der Waals surface area contributed by atoms with Crippen molar-refractivity contribution in [1.29, 1.82) is 0 Å². The first-order valence-corrected chi connectivity index (χ1v) is 5.14. The number of benzene rings is 1. The third-order valence-electron chi connectivity index (χ3n) is 2.49. The summed E-state index contributed by atoms with van der Waals surface area (Å²) in [6.07, 6.45) is -0.450. The Morgan fingerprint density at radius 2 is 1.87 bits per heavy atom. The first-order valence-electron chi connectivity index (χ1n) is 5.14. The summed E-state index contributed by atoms with van der Waals surface area (Å²) >= 11 is 0. The molecule has 0 aromatic heterocycles. The Morgan fingerprint density at radius 3 is 2.47 bits per heavy atom. The maximum Gasteiger partial charge on any atom is 0.164 e. The van der Waals surface area contributed by atoms with Crippen LogP contribution in [0.4, 0.5) is 0 Å². The molecule has 1 fully saturated rings. The highest BCUT2D eigenvalue weighted by molar-refractivity contribution is 5.19. The van der Waals surface area contributed by atoms with E-state index in [-0.39, 0.29) is 18.8 Å². The minimum absolute atomic E-state index is 0.0248. The van der Waals surface area contributed by atoms with Crippen LogP contribution in [0.25, 0.3) is 0 Å². The van der Waals surface area contributed by atoms with Crippen LogP contribution in [0.5, 0.6) is 0 Å². The van der Waals surface area contributed by atoms with Crippen LogP contribution in [-0.4, -0.2) is 23.6 Å². The van der Waals surface area contributed by atoms with Gasteiger partial charge in [-0.15, -0.1) is 0 Å². The zero-order valence-corrected chi connectivity index (χ0v) is 9.01. The minimum atomic E-state index is -0.617. The number of hydrogen-bond acceptors (Lipinski definition) is 3. The van der Waals surface area contributed by atoms with E-state index in [2.05, 4.69) is 0 Å². The third-order valence-corrected chi connectivity index (χ3v) is 2.49. The zero-order valence-electron chi connectivity index (χ0n) is 9.01. The number of aliphatic hydroxyl groups is 1. The van der Waals surface area contributed by atoms with Gasteiger partial charge in [-0.3, -0.25) is 0 Å². The molecule has 2 unspecified atom stereocenters. The molecule has 0 spiro atoms. The maximum absolute atomic E-state index is 9.22. The Morgan fingerprint density at radius 1 is 1.20 bits per heavy atom. The zero-order chi connectivity index (χ0) is 10.9. The molecular formula is C12H16O3. The molecule has 1 N–H and O–H groups in total. The minimum Gasteiger partial charge on any atom is -0.394 e. The lowest BCUT2D eigenvalue weighted by Crippen LogP contribution is -2.23. The largest absolute Gasteiger partial charge is 0.394 e. The summed E-state index contributed by atoms with van der Waals surface area (Å²) in [7, 11) is 0. The van der Waals surface area contributed by atoms with Gasteiger partial charge in [-0.1, -0.05) is 30.3 Å². The normalized spacial score (nSPS) is 29.3. The van der Waals surface area contributed by atoms with E-state index in [0.29, 0.717) is 0 Å². The van der Waals surface area contributed by atoms with E-state index >= 15 is 0 Å². The molecule has 0 radical (unpaired) electrons. The van der Waals surface area contributed by atoms with Crippen LogP contribution in [0, 0.1) is 0 Å². The van der Waals surface area contributed by atoms with Crippen molar-refractivity contribution in [2.24, 2.45) is 0 Å². The first-order chi connectivity index (χ1) is 7.12. The van der Waals surface area contributed by atoms with Gasteiger partial charge in [0.2, 0.25) is 0 Å². The Balaban J connectivity index is 2.22. The molecule has 0 aliphatic carbocycles. The second-order valence-corrected chi connectivity index (χ2v) is 4.19. The van der Waals surface area contributed by atoms with Crippen molar-refractivity contribution in [2.75, 3.05) is 6.61 Å². The molecule has 0 amide bonds. The maximum atomic E-state index is 9.22. The second-order valence-electron chi connectivity index (χ2n) is 4.19. The van der Waals surface area contributed by atoms with Crippen molar-refractivity contribution in [1.82, 2.24) is 0 Å². The van der Waals surface area contributed by atoms with Gasteiger partial charge in [0.05, 0.1) is 6.61 Å². The molecule has 15 heavy (non-hydrogen) atoms. The summed E-state index contributed by atoms with van der Waals surface area (Å²) < 4.78 is 11.3. The van der Waals surface area contributed by atoms with Crippen LogP contribution in [0.15, 0.2) is 30.3 Å². The predicted octanol–water partition coefficient (Wildman–Crippen LogP) is 1.87. The fourth-order valence-corrected chi connectivity index (χ4v) is 1.89. The van der Waals surface area contributed by atoms with Gasteiger partial charge in [0.25, 0.3) is 0 Å². The number of aliphatic hydroxyl groups excluding tert-OH is 1. The van der Waals surface area contributed by atoms with Gasteiger partial charge in [-0.25, -0.2) is 0 Å². The highest BCUT2D eigenvalue weighted by Gasteiger charge is 2.41. The molecule has 82 valence electrons. The summed E-state index contributed by atoms with van der Waals surface area (Å²) in [5.74, 6) is -0.617. The van der Waals surface area contributed by atoms with E-state index < -0.39 is 5.79 Å². The van der Waals surface area contributed by atoms with Gasteiger partial charge in [0.15, 0.2) is 5.79 Å². The summed E-state index contributed by atoms with van der Waals surface area (Å²) in [6.45, 7) is 3.69. The summed E-state index contributed by atoms with van der Waals surface area (Å²) in [5, 5.41) is 9.22. The molecular weight excluding hydrogens is 192 g/mol. The highest BCUT2D eigenvalue weighted by atomic mass is 16.8. The van der Waals surface area contributed by atoms with Gasteiger partial charge >= 0.3 is 0 Å². The van der Waals surface area contributed by atoms with Gasteiger partial charge in [0, 0.05) is 0 Å². The molecule has 2 rings (SSSR count). The molecule has 0 bridgehead atoms. The SMILES string of the molecule is CC1(C)OC(CO)C(c2ccccc2)O1. The molecule has 0 saturated carbocycles. The van der Waals surface area contributed by atoms with Crippen LogP contribution < -0.4 is 0 Å². The fourth-order valence-electron chi connectivity index (χ4n) is 1.89. The molecule has 1 aromatic rings. The Hall–Kier alpha value is -0.900. The first kappa shape index (κ1) is 10.6. The lowest BCUT2D eigenvalue weighted by atomic mass is 10.1. The molecule has 3 nitrogen and oxygen atoms in total. The number of ether oxygens (including phenoxy) is 2. The molecule has 1 aliphatic heterocycles. The van der Waals surface area contributed by atoms with E-state index in [0.717, 1.165) is 5.56 Å². The lowest BCUT2D eigenvalue weighted by molar-refractivity contribution is -0.149. The van der Waals surface area contributed by atoms with Crippen LogP contribution >= 0.6 is 0 Å². The van der Waals surface area contributed by atoms with E-state index in [1.807, 2.05) is 44.2 Å². The van der Waals surface area contributed by atoms with E-state index in [1.54, 1.807) is 0 Å². The van der Waals surface area contributed by atoms with Crippen LogP contribution in [0.2, 0.25) is 0 Å². The molecule has 3 heteroatoms. The smallest absolute Gasteiger partial charge is 0.164 e. The topological polar surface area (TPSA) is 38.7 Å². The summed E-state index contributed by atoms with van der Waals surface area (Å²) in [5.41, 5.74) is 1.04. The van der Waals surface area contributed by atoms with E-state index in [9.17, 15) is 5.11 Å². The molecule has 1 heterocycles. The standard InChI is InChI=1S/C12H16O3/c1-12(2)14-10(8-13)11(15-12)9-6-4-3-5-7-9/h3-7,10-11,13H,8H2,1-2H3. The fraction of sp³-hybridized carbons (Fsp3) is 0.500. The predicted molar refractivity (Wildman–Crippen MR) is 56.3 cm³/mol. The van der Waals surface area contributed by atoms with Crippen molar-refractivity contribution in [3.8, 4) is 0 Å². The van der Waals surface area contributed by atoms with Gasteiger partial charge in [-0.05, 0) is 19.4 Å². The quantitative estimate of drug-likeness (QED) is 0.806. The summed E-state index contributed by atoms with van der Waals surface area (Å²) in [4.78, 5) is 0.